The molecule has 19 heavy (non-hydrogen) atoms. The van der Waals surface area contributed by atoms with E-state index in [1.165, 1.54) is 13.3 Å². The number of hydrogen-bond donors (Lipinski definition) is 1. The average Bonchev–Trinajstić information content (AvgIpc) is 2.39. The minimum atomic E-state index is -0.111. The normalized spacial score (nSPS) is 19.1. The first-order valence-corrected chi connectivity index (χ1v) is 6.74. The van der Waals surface area contributed by atoms with E-state index in [0.717, 1.165) is 19.5 Å². The molecule has 1 fully saturated rings. The highest BCUT2D eigenvalue weighted by molar-refractivity contribution is 6.03. The highest BCUT2D eigenvalue weighted by Crippen LogP contribution is 2.19. The Labute approximate surface area is 113 Å². The second kappa shape index (κ2) is 5.87. The molecular formula is C15H20N2O2. The van der Waals surface area contributed by atoms with Crippen molar-refractivity contribution in [1.29, 1.82) is 0 Å². The molecule has 0 aromatic heterocycles. The Morgan fingerprint density at radius 3 is 2.74 bits per heavy atom. The highest BCUT2D eigenvalue weighted by atomic mass is 16.2. The van der Waals surface area contributed by atoms with E-state index in [9.17, 15) is 9.59 Å². The Kier molecular flexibility index (Phi) is 4.20. The molecule has 1 atom stereocenters. The summed E-state index contributed by atoms with van der Waals surface area (Å²) in [4.78, 5) is 25.5. The molecule has 4 nitrogen and oxygen atoms in total. The van der Waals surface area contributed by atoms with Gasteiger partial charge < -0.3 is 10.2 Å². The monoisotopic (exact) mass is 260 g/mol. The molecule has 1 saturated heterocycles. The van der Waals surface area contributed by atoms with Crippen LogP contribution in [0, 0.1) is 5.92 Å². The van der Waals surface area contributed by atoms with Gasteiger partial charge in [-0.1, -0.05) is 19.1 Å². The topological polar surface area (TPSA) is 49.4 Å². The van der Waals surface area contributed by atoms with E-state index >= 15 is 0 Å². The third-order valence-electron chi connectivity index (χ3n) is 3.49. The number of carbonyl (C=O) groups is 2. The average molecular weight is 260 g/mol. The van der Waals surface area contributed by atoms with Gasteiger partial charge in [-0.05, 0) is 37.8 Å². The summed E-state index contributed by atoms with van der Waals surface area (Å²) in [6.07, 6.45) is 2.22. The van der Waals surface area contributed by atoms with E-state index in [0.29, 0.717) is 17.2 Å². The van der Waals surface area contributed by atoms with Crippen LogP contribution >= 0.6 is 0 Å². The maximum atomic E-state index is 12.2. The van der Waals surface area contributed by atoms with Crippen LogP contribution in [-0.4, -0.2) is 29.8 Å². The van der Waals surface area contributed by atoms with E-state index in [4.69, 9.17) is 0 Å². The number of Topliss-reactive ketones (excluding diaryl/α,β-unsaturated/α-hetero) is 1. The zero-order chi connectivity index (χ0) is 13.8. The summed E-state index contributed by atoms with van der Waals surface area (Å²) >= 11 is 0. The molecule has 4 heteroatoms. The molecule has 1 aliphatic rings. The van der Waals surface area contributed by atoms with Crippen molar-refractivity contribution in [2.75, 3.05) is 18.4 Å². The van der Waals surface area contributed by atoms with Crippen LogP contribution in [-0.2, 0) is 0 Å². The summed E-state index contributed by atoms with van der Waals surface area (Å²) in [5, 5.41) is 2.85. The van der Waals surface area contributed by atoms with Gasteiger partial charge >= 0.3 is 6.03 Å². The van der Waals surface area contributed by atoms with Crippen LogP contribution in [0.1, 0.15) is 37.0 Å². The van der Waals surface area contributed by atoms with Gasteiger partial charge in [-0.25, -0.2) is 4.79 Å². The number of carbonyl (C=O) groups excluding carboxylic acids is 2. The van der Waals surface area contributed by atoms with Crippen molar-refractivity contribution in [1.82, 2.24) is 4.90 Å². The lowest BCUT2D eigenvalue weighted by Gasteiger charge is -2.31. The molecule has 0 saturated carbocycles. The second-order valence-corrected chi connectivity index (χ2v) is 5.23. The second-order valence-electron chi connectivity index (χ2n) is 5.23. The lowest BCUT2D eigenvalue weighted by molar-refractivity contribution is 0.101. The number of hydrogen-bond acceptors (Lipinski definition) is 2. The number of nitrogens with zero attached hydrogens (tertiary/aromatic N) is 1. The van der Waals surface area contributed by atoms with Gasteiger partial charge in [0.15, 0.2) is 5.78 Å². The molecular weight excluding hydrogens is 240 g/mol. The predicted octanol–water partition coefficient (Wildman–Crippen LogP) is 3.15. The largest absolute Gasteiger partial charge is 0.324 e. The first-order chi connectivity index (χ1) is 9.08. The van der Waals surface area contributed by atoms with Crippen molar-refractivity contribution < 1.29 is 9.59 Å². The van der Waals surface area contributed by atoms with Crippen molar-refractivity contribution in [3.8, 4) is 0 Å². The summed E-state index contributed by atoms with van der Waals surface area (Å²) in [5.41, 5.74) is 1.15. The zero-order valence-electron chi connectivity index (χ0n) is 11.5. The number of urea groups is 1. The number of piperidine rings is 1. The lowest BCUT2D eigenvalue weighted by atomic mass is 10.0. The number of ketones is 1. The first-order valence-electron chi connectivity index (χ1n) is 6.74. The van der Waals surface area contributed by atoms with Crippen molar-refractivity contribution in [2.24, 2.45) is 5.92 Å². The van der Waals surface area contributed by atoms with E-state index in [-0.39, 0.29) is 11.8 Å². The lowest BCUT2D eigenvalue weighted by Crippen LogP contribution is -2.41. The van der Waals surface area contributed by atoms with Gasteiger partial charge in [0, 0.05) is 18.7 Å². The van der Waals surface area contributed by atoms with Gasteiger partial charge in [0.2, 0.25) is 0 Å². The van der Waals surface area contributed by atoms with Gasteiger partial charge in [0.05, 0.1) is 5.69 Å². The quantitative estimate of drug-likeness (QED) is 0.830. The predicted molar refractivity (Wildman–Crippen MR) is 75.4 cm³/mol. The number of nitrogens with one attached hydrogen (secondary N) is 1. The Balaban J connectivity index is 2.08. The molecule has 2 amide bonds. The van der Waals surface area contributed by atoms with E-state index in [2.05, 4.69) is 12.2 Å². The Morgan fingerprint density at radius 2 is 2.05 bits per heavy atom. The van der Waals surface area contributed by atoms with Gasteiger partial charge in [-0.15, -0.1) is 0 Å². The van der Waals surface area contributed by atoms with Crippen molar-refractivity contribution in [2.45, 2.75) is 26.7 Å². The highest BCUT2D eigenvalue weighted by Gasteiger charge is 2.21. The van der Waals surface area contributed by atoms with Gasteiger partial charge in [-0.3, -0.25) is 4.79 Å². The summed E-state index contributed by atoms with van der Waals surface area (Å²) < 4.78 is 0. The number of benzene rings is 1. The Hall–Kier alpha value is -1.84. The number of anilines is 1. The zero-order valence-corrected chi connectivity index (χ0v) is 11.5. The third kappa shape index (κ3) is 3.34. The molecule has 0 radical (unpaired) electrons. The SMILES string of the molecule is CC(=O)c1ccccc1NC(=O)N1CCCC(C)C1. The molecule has 0 aliphatic carbocycles. The van der Waals surface area contributed by atoms with Crippen LogP contribution in [0.3, 0.4) is 0 Å². The summed E-state index contributed by atoms with van der Waals surface area (Å²) in [6.45, 7) is 5.24. The fourth-order valence-electron chi connectivity index (χ4n) is 2.47. The molecule has 1 aromatic rings. The first kappa shape index (κ1) is 13.6. The van der Waals surface area contributed by atoms with E-state index in [1.54, 1.807) is 18.2 Å². The number of amides is 2. The molecule has 1 unspecified atom stereocenters. The Bertz CT molecular complexity index is 485. The molecule has 1 N–H and O–H groups in total. The fraction of sp³-hybridized carbons (Fsp3) is 0.467. The van der Waals surface area contributed by atoms with Gasteiger partial charge in [-0.2, -0.15) is 0 Å². The van der Waals surface area contributed by atoms with Crippen molar-refractivity contribution in [3.05, 3.63) is 29.8 Å². The smallest absolute Gasteiger partial charge is 0.321 e. The number of para-hydroxylation sites is 1. The number of rotatable bonds is 2. The van der Waals surface area contributed by atoms with Crippen LogP contribution in [0.4, 0.5) is 10.5 Å². The minimum absolute atomic E-state index is 0.0390. The fourth-order valence-corrected chi connectivity index (χ4v) is 2.47. The minimum Gasteiger partial charge on any atom is -0.324 e. The molecule has 0 spiro atoms. The maximum Gasteiger partial charge on any atom is 0.321 e. The van der Waals surface area contributed by atoms with Crippen molar-refractivity contribution >= 4 is 17.5 Å². The third-order valence-corrected chi connectivity index (χ3v) is 3.49. The molecule has 1 aromatic carbocycles. The van der Waals surface area contributed by atoms with Crippen LogP contribution in [0.5, 0.6) is 0 Å². The van der Waals surface area contributed by atoms with Crippen LogP contribution in [0.25, 0.3) is 0 Å². The maximum absolute atomic E-state index is 12.2. The standard InChI is InChI=1S/C15H20N2O2/c1-11-6-5-9-17(10-11)15(19)16-14-8-4-3-7-13(14)12(2)18/h3-4,7-8,11H,5-6,9-10H2,1-2H3,(H,16,19). The molecule has 2 rings (SSSR count). The number of likely N-dealkylation sites (tertiary alicyclic amines) is 1. The molecule has 1 aliphatic heterocycles. The molecule has 1 heterocycles. The van der Waals surface area contributed by atoms with Crippen LogP contribution < -0.4 is 5.32 Å². The molecule has 102 valence electrons. The van der Waals surface area contributed by atoms with Crippen LogP contribution in [0.2, 0.25) is 0 Å². The van der Waals surface area contributed by atoms with E-state index < -0.39 is 0 Å². The summed E-state index contributed by atoms with van der Waals surface area (Å²) in [6, 6.07) is 7.01. The van der Waals surface area contributed by atoms with Crippen molar-refractivity contribution in [3.63, 3.8) is 0 Å². The molecule has 0 bridgehead atoms. The summed E-state index contributed by atoms with van der Waals surface area (Å²) in [5.74, 6) is 0.505. The van der Waals surface area contributed by atoms with Gasteiger partial charge in [0.25, 0.3) is 0 Å². The van der Waals surface area contributed by atoms with Gasteiger partial charge in [0.1, 0.15) is 0 Å². The Morgan fingerprint density at radius 1 is 1.32 bits per heavy atom. The van der Waals surface area contributed by atoms with Crippen LogP contribution in [0.15, 0.2) is 24.3 Å². The summed E-state index contributed by atoms with van der Waals surface area (Å²) in [7, 11) is 0. The van der Waals surface area contributed by atoms with E-state index in [1.807, 2.05) is 11.0 Å².